The third-order valence-corrected chi connectivity index (χ3v) is 2.28. The number of halogens is 3. The molecule has 0 radical (unpaired) electrons. The number of aliphatic hydroxyl groups excluding tert-OH is 1. The number of hydrogen-bond donors (Lipinski definition) is 3. The first kappa shape index (κ1) is 17.1. The summed E-state index contributed by atoms with van der Waals surface area (Å²) in [5.41, 5.74) is -1.80. The average molecular weight is 307 g/mol. The van der Waals surface area contributed by atoms with E-state index < -0.39 is 35.3 Å². The number of aromatic hydroxyl groups is 1. The van der Waals surface area contributed by atoms with Gasteiger partial charge in [0.1, 0.15) is 11.4 Å². The van der Waals surface area contributed by atoms with E-state index in [2.05, 4.69) is 5.32 Å². The highest BCUT2D eigenvalue weighted by Crippen LogP contribution is 2.37. The number of rotatable bonds is 2. The predicted molar refractivity (Wildman–Crippen MR) is 69.0 cm³/mol. The van der Waals surface area contributed by atoms with Crippen molar-refractivity contribution in [2.75, 3.05) is 5.32 Å². The van der Waals surface area contributed by atoms with E-state index in [1.54, 1.807) is 20.8 Å². The van der Waals surface area contributed by atoms with Crippen LogP contribution in [0.25, 0.3) is 0 Å². The number of amides is 1. The van der Waals surface area contributed by atoms with Crippen LogP contribution in [0.3, 0.4) is 0 Å². The molecule has 0 heterocycles. The molecule has 0 aliphatic rings. The smallest absolute Gasteiger partial charge is 0.418 e. The van der Waals surface area contributed by atoms with E-state index >= 15 is 0 Å². The lowest BCUT2D eigenvalue weighted by molar-refractivity contribution is -0.206. The van der Waals surface area contributed by atoms with Crippen molar-refractivity contribution in [1.82, 2.24) is 0 Å². The fraction of sp³-hybridized carbons (Fsp3) is 0.462. The molecule has 0 spiro atoms. The molecule has 0 unspecified atom stereocenters. The third kappa shape index (κ3) is 5.14. The monoisotopic (exact) mass is 307 g/mol. The van der Waals surface area contributed by atoms with Crippen LogP contribution in [0, 0.1) is 0 Å². The van der Waals surface area contributed by atoms with Gasteiger partial charge in [0.05, 0.1) is 5.69 Å². The van der Waals surface area contributed by atoms with Crippen molar-refractivity contribution < 1.29 is 32.9 Å². The Kier molecular flexibility index (Phi) is 4.72. The summed E-state index contributed by atoms with van der Waals surface area (Å²) in [7, 11) is 0. The highest BCUT2D eigenvalue weighted by Gasteiger charge is 2.41. The number of phenols is 1. The lowest BCUT2D eigenvalue weighted by Crippen LogP contribution is -2.28. The molecule has 0 saturated carbocycles. The second kappa shape index (κ2) is 5.80. The molecule has 0 bridgehead atoms. The van der Waals surface area contributed by atoms with Gasteiger partial charge < -0.3 is 14.9 Å². The molecule has 1 atom stereocenters. The lowest BCUT2D eigenvalue weighted by atomic mass is 10.1. The number of benzene rings is 1. The fourth-order valence-corrected chi connectivity index (χ4v) is 1.48. The van der Waals surface area contributed by atoms with E-state index in [0.29, 0.717) is 0 Å². The van der Waals surface area contributed by atoms with E-state index in [0.717, 1.165) is 18.2 Å². The highest BCUT2D eigenvalue weighted by molar-refractivity contribution is 5.86. The molecule has 21 heavy (non-hydrogen) atoms. The molecule has 8 heteroatoms. The first-order valence-corrected chi connectivity index (χ1v) is 5.98. The van der Waals surface area contributed by atoms with Crippen LogP contribution >= 0.6 is 0 Å². The maximum absolute atomic E-state index is 12.6. The minimum atomic E-state index is -4.93. The van der Waals surface area contributed by atoms with Gasteiger partial charge in [0.15, 0.2) is 6.10 Å². The maximum atomic E-state index is 12.6. The summed E-state index contributed by atoms with van der Waals surface area (Å²) in [6, 6.07) is 2.85. The van der Waals surface area contributed by atoms with Gasteiger partial charge in [-0.1, -0.05) is 0 Å². The van der Waals surface area contributed by atoms with Crippen LogP contribution in [0.5, 0.6) is 5.75 Å². The number of nitrogens with one attached hydrogen (secondary N) is 1. The van der Waals surface area contributed by atoms with E-state index in [4.69, 9.17) is 4.74 Å². The molecule has 1 aromatic carbocycles. The van der Waals surface area contributed by atoms with Crippen molar-refractivity contribution >= 4 is 11.8 Å². The van der Waals surface area contributed by atoms with Gasteiger partial charge in [-0.2, -0.15) is 13.2 Å². The van der Waals surface area contributed by atoms with Crippen LogP contribution in [0.15, 0.2) is 18.2 Å². The Morgan fingerprint density at radius 3 is 2.33 bits per heavy atom. The Hall–Kier alpha value is -1.96. The predicted octanol–water partition coefficient (Wildman–Crippen LogP) is 3.33. The van der Waals surface area contributed by atoms with Gasteiger partial charge in [-0.3, -0.25) is 5.32 Å². The molecule has 118 valence electrons. The van der Waals surface area contributed by atoms with Gasteiger partial charge in [0.2, 0.25) is 0 Å². The molecule has 1 amide bonds. The van der Waals surface area contributed by atoms with E-state index in [1.807, 2.05) is 0 Å². The van der Waals surface area contributed by atoms with E-state index in [1.165, 1.54) is 0 Å². The summed E-state index contributed by atoms with van der Waals surface area (Å²) in [5, 5.41) is 20.6. The van der Waals surface area contributed by atoms with Gasteiger partial charge in [-0.25, -0.2) is 4.79 Å². The molecule has 3 N–H and O–H groups in total. The molecule has 0 aliphatic heterocycles. The van der Waals surface area contributed by atoms with Crippen molar-refractivity contribution in [3.8, 4) is 5.75 Å². The zero-order chi connectivity index (χ0) is 16.4. The second-order valence-corrected chi connectivity index (χ2v) is 5.34. The zero-order valence-corrected chi connectivity index (χ0v) is 11.7. The van der Waals surface area contributed by atoms with Crippen LogP contribution in [-0.2, 0) is 4.74 Å². The van der Waals surface area contributed by atoms with Crippen molar-refractivity contribution in [1.29, 1.82) is 0 Å². The highest BCUT2D eigenvalue weighted by atomic mass is 19.4. The number of carbonyl (C=O) groups is 1. The summed E-state index contributed by atoms with van der Waals surface area (Å²) in [6.07, 6.45) is -8.74. The summed E-state index contributed by atoms with van der Waals surface area (Å²) >= 11 is 0. The third-order valence-electron chi connectivity index (χ3n) is 2.28. The number of carbonyl (C=O) groups excluding carboxylic acids is 1. The Labute approximate surface area is 119 Å². The van der Waals surface area contributed by atoms with Crippen LogP contribution in [0.2, 0.25) is 0 Å². The topological polar surface area (TPSA) is 78.8 Å². The van der Waals surface area contributed by atoms with Gasteiger partial charge in [0.25, 0.3) is 0 Å². The number of ether oxygens (including phenoxy) is 1. The van der Waals surface area contributed by atoms with Crippen molar-refractivity contribution in [3.05, 3.63) is 23.8 Å². The molecule has 0 aromatic heterocycles. The van der Waals surface area contributed by atoms with Crippen molar-refractivity contribution in [2.24, 2.45) is 0 Å². The maximum Gasteiger partial charge on any atom is 0.418 e. The normalized spacial score (nSPS) is 13.7. The minimum Gasteiger partial charge on any atom is -0.508 e. The van der Waals surface area contributed by atoms with Gasteiger partial charge >= 0.3 is 12.3 Å². The SMILES string of the molecule is CC(C)(C)OC(=O)Nc1ccc(O)cc1[C@@H](O)C(F)(F)F. The van der Waals surface area contributed by atoms with Gasteiger partial charge in [0, 0.05) is 5.56 Å². The Bertz CT molecular complexity index is 523. The van der Waals surface area contributed by atoms with Gasteiger partial charge in [-0.05, 0) is 39.0 Å². The molecular formula is C13H16F3NO4. The number of alkyl halides is 3. The molecule has 1 aromatic rings. The fourth-order valence-electron chi connectivity index (χ4n) is 1.48. The number of anilines is 1. The quantitative estimate of drug-likeness (QED) is 0.732. The average Bonchev–Trinajstić information content (AvgIpc) is 2.26. The minimum absolute atomic E-state index is 0.299. The van der Waals surface area contributed by atoms with Crippen molar-refractivity contribution in [2.45, 2.75) is 38.7 Å². The largest absolute Gasteiger partial charge is 0.508 e. The molecule has 0 aliphatic carbocycles. The molecule has 0 saturated heterocycles. The summed E-state index contributed by atoms with van der Waals surface area (Å²) in [6.45, 7) is 4.78. The standard InChI is InChI=1S/C13H16F3NO4/c1-12(2,3)21-11(20)17-9-5-4-7(18)6-8(9)10(19)13(14,15)16/h4-6,10,18-19H,1-3H3,(H,17,20)/t10-/m1/s1. The first-order chi connectivity index (χ1) is 9.40. The van der Waals surface area contributed by atoms with Crippen LogP contribution in [0.4, 0.5) is 23.7 Å². The first-order valence-electron chi connectivity index (χ1n) is 5.98. The van der Waals surface area contributed by atoms with Crippen LogP contribution in [0.1, 0.15) is 32.4 Å². The Balaban J connectivity index is 3.05. The number of hydrogen-bond acceptors (Lipinski definition) is 4. The van der Waals surface area contributed by atoms with Crippen LogP contribution in [-0.4, -0.2) is 28.1 Å². The Morgan fingerprint density at radius 2 is 1.86 bits per heavy atom. The summed E-state index contributed by atoms with van der Waals surface area (Å²) < 4.78 is 42.7. The van der Waals surface area contributed by atoms with E-state index in [-0.39, 0.29) is 5.69 Å². The lowest BCUT2D eigenvalue weighted by Gasteiger charge is -2.22. The van der Waals surface area contributed by atoms with Crippen molar-refractivity contribution in [3.63, 3.8) is 0 Å². The Morgan fingerprint density at radius 1 is 1.29 bits per heavy atom. The van der Waals surface area contributed by atoms with Gasteiger partial charge in [-0.15, -0.1) is 0 Å². The summed E-state index contributed by atoms with van der Waals surface area (Å²) in [4.78, 5) is 11.6. The zero-order valence-electron chi connectivity index (χ0n) is 11.7. The number of aliphatic hydroxyl groups is 1. The molecular weight excluding hydrogens is 291 g/mol. The molecule has 5 nitrogen and oxygen atoms in total. The molecule has 1 rings (SSSR count). The second-order valence-electron chi connectivity index (χ2n) is 5.34. The summed E-state index contributed by atoms with van der Waals surface area (Å²) in [5.74, 6) is -0.469. The molecule has 0 fully saturated rings. The van der Waals surface area contributed by atoms with E-state index in [9.17, 15) is 28.2 Å². The number of phenolic OH excluding ortho intramolecular Hbond substituents is 1. The van der Waals surface area contributed by atoms with Crippen LogP contribution < -0.4 is 5.32 Å².